The summed E-state index contributed by atoms with van der Waals surface area (Å²) in [6, 6.07) is 0. The van der Waals surface area contributed by atoms with Gasteiger partial charge in [-0.25, -0.2) is 4.79 Å². The standard InChI is InChI=1S/C14H23NO8.C10H19NO5/c1-11(16)21-8-6-15(7-9-22-12(2)17)5-4-13(18)23-10-14(19)20-3;1-9(14)8-16-10(15)2-3-11(4-6-12)5-7-13/h4-10H2,1-3H3;12-13H,2-8H2,1H3. The van der Waals surface area contributed by atoms with Gasteiger partial charge >= 0.3 is 29.8 Å². The van der Waals surface area contributed by atoms with E-state index >= 15 is 0 Å². The van der Waals surface area contributed by atoms with Gasteiger partial charge in [-0.1, -0.05) is 0 Å². The number of hydrogen-bond donors (Lipinski definition) is 2. The van der Waals surface area contributed by atoms with Crippen molar-refractivity contribution in [3.8, 4) is 0 Å². The number of aliphatic hydroxyl groups excluding tert-OH is 2. The Labute approximate surface area is 228 Å². The lowest BCUT2D eigenvalue weighted by atomic mass is 10.3. The van der Waals surface area contributed by atoms with E-state index in [1.54, 1.807) is 9.80 Å². The lowest BCUT2D eigenvalue weighted by Crippen LogP contribution is -2.34. The van der Waals surface area contributed by atoms with Crippen LogP contribution in [0.15, 0.2) is 0 Å². The minimum absolute atomic E-state index is 0.0253. The summed E-state index contributed by atoms with van der Waals surface area (Å²) in [6.07, 6.45) is 0.185. The van der Waals surface area contributed by atoms with Gasteiger partial charge in [0.15, 0.2) is 12.4 Å². The zero-order valence-corrected chi connectivity index (χ0v) is 23.2. The summed E-state index contributed by atoms with van der Waals surface area (Å²) in [5.74, 6) is -2.64. The average Bonchev–Trinajstić information content (AvgIpc) is 2.87. The Morgan fingerprint density at radius 1 is 0.564 bits per heavy atom. The number of Topliss-reactive ketones (excluding diaryl/α,β-unsaturated/α-hetero) is 1. The monoisotopic (exact) mass is 566 g/mol. The minimum Gasteiger partial charge on any atom is -0.466 e. The molecule has 0 atom stereocenters. The zero-order chi connectivity index (χ0) is 30.1. The third kappa shape index (κ3) is 27.7. The first-order valence-corrected chi connectivity index (χ1v) is 12.3. The van der Waals surface area contributed by atoms with E-state index in [2.05, 4.69) is 9.47 Å². The highest BCUT2D eigenvalue weighted by Crippen LogP contribution is 1.97. The molecule has 15 heteroatoms. The molecule has 0 aromatic rings. The van der Waals surface area contributed by atoms with Crippen molar-refractivity contribution in [1.29, 1.82) is 0 Å². The van der Waals surface area contributed by atoms with Gasteiger partial charge in [-0.05, 0) is 6.92 Å². The topological polar surface area (TPSA) is 196 Å². The second-order valence-corrected chi connectivity index (χ2v) is 7.91. The van der Waals surface area contributed by atoms with Crippen molar-refractivity contribution in [2.24, 2.45) is 0 Å². The van der Waals surface area contributed by atoms with Crippen LogP contribution in [0.2, 0.25) is 0 Å². The molecule has 0 aliphatic rings. The van der Waals surface area contributed by atoms with Crippen LogP contribution in [0.25, 0.3) is 0 Å². The maximum atomic E-state index is 11.5. The van der Waals surface area contributed by atoms with Gasteiger partial charge < -0.3 is 33.9 Å². The molecule has 39 heavy (non-hydrogen) atoms. The molecule has 0 spiro atoms. The molecule has 0 unspecified atom stereocenters. The molecule has 0 radical (unpaired) electrons. The molecule has 0 saturated heterocycles. The maximum Gasteiger partial charge on any atom is 0.344 e. The highest BCUT2D eigenvalue weighted by molar-refractivity contribution is 5.80. The van der Waals surface area contributed by atoms with Crippen LogP contribution in [-0.2, 0) is 52.5 Å². The summed E-state index contributed by atoms with van der Waals surface area (Å²) < 4.78 is 23.4. The zero-order valence-electron chi connectivity index (χ0n) is 23.2. The molecule has 0 rings (SSSR count). The summed E-state index contributed by atoms with van der Waals surface area (Å²) >= 11 is 0. The number of carbonyl (C=O) groups is 6. The van der Waals surface area contributed by atoms with E-state index in [0.717, 1.165) is 0 Å². The first-order valence-electron chi connectivity index (χ1n) is 12.3. The quantitative estimate of drug-likeness (QED) is 0.125. The Balaban J connectivity index is 0. The van der Waals surface area contributed by atoms with Crippen molar-refractivity contribution in [2.75, 3.05) is 86.0 Å². The second-order valence-electron chi connectivity index (χ2n) is 7.91. The first kappa shape index (κ1) is 38.0. The highest BCUT2D eigenvalue weighted by atomic mass is 16.6. The van der Waals surface area contributed by atoms with E-state index < -0.39 is 36.5 Å². The van der Waals surface area contributed by atoms with Crippen LogP contribution in [0.1, 0.15) is 33.6 Å². The van der Waals surface area contributed by atoms with Crippen LogP contribution in [0, 0.1) is 0 Å². The van der Waals surface area contributed by atoms with Gasteiger partial charge in [0.1, 0.15) is 19.8 Å². The minimum atomic E-state index is -0.639. The molecule has 0 fully saturated rings. The molecule has 0 aliphatic heterocycles. The number of ether oxygens (including phenoxy) is 5. The molecule has 2 N–H and O–H groups in total. The van der Waals surface area contributed by atoms with Gasteiger partial charge in [0, 0.05) is 53.1 Å². The molecule has 0 amide bonds. The Morgan fingerprint density at radius 2 is 0.974 bits per heavy atom. The fraction of sp³-hybridized carbons (Fsp3) is 0.750. The number of aliphatic hydroxyl groups is 2. The van der Waals surface area contributed by atoms with E-state index in [0.29, 0.717) is 39.3 Å². The molecule has 0 aromatic heterocycles. The summed E-state index contributed by atoms with van der Waals surface area (Å²) in [4.78, 5) is 69.1. The summed E-state index contributed by atoms with van der Waals surface area (Å²) in [6.45, 7) is 5.86. The molecule has 0 heterocycles. The normalized spacial score (nSPS) is 10.3. The van der Waals surface area contributed by atoms with E-state index in [-0.39, 0.29) is 51.7 Å². The molecule has 0 aliphatic carbocycles. The van der Waals surface area contributed by atoms with Crippen molar-refractivity contribution < 1.29 is 62.7 Å². The number of nitrogens with zero attached hydrogens (tertiary/aromatic N) is 2. The van der Waals surface area contributed by atoms with Gasteiger partial charge in [-0.2, -0.15) is 0 Å². The van der Waals surface area contributed by atoms with Crippen molar-refractivity contribution in [2.45, 2.75) is 33.6 Å². The molecule has 0 bridgehead atoms. The Hall–Kier alpha value is -3.14. The fourth-order valence-corrected chi connectivity index (χ4v) is 2.61. The van der Waals surface area contributed by atoms with Crippen molar-refractivity contribution >= 4 is 35.6 Å². The number of carbonyl (C=O) groups excluding carboxylic acids is 6. The van der Waals surface area contributed by atoms with Crippen molar-refractivity contribution in [3.05, 3.63) is 0 Å². The summed E-state index contributed by atoms with van der Waals surface area (Å²) in [5.41, 5.74) is 0. The van der Waals surface area contributed by atoms with Gasteiger partial charge in [0.2, 0.25) is 0 Å². The van der Waals surface area contributed by atoms with Crippen molar-refractivity contribution in [1.82, 2.24) is 9.80 Å². The summed E-state index contributed by atoms with van der Waals surface area (Å²) in [5, 5.41) is 17.4. The largest absolute Gasteiger partial charge is 0.466 e. The van der Waals surface area contributed by atoms with Crippen LogP contribution < -0.4 is 0 Å². The first-order chi connectivity index (χ1) is 18.4. The predicted octanol–water partition coefficient (Wildman–Crippen LogP) is -1.68. The number of rotatable bonds is 20. The lowest BCUT2D eigenvalue weighted by Gasteiger charge is -2.21. The molecule has 0 saturated carbocycles. The predicted molar refractivity (Wildman–Crippen MR) is 134 cm³/mol. The van der Waals surface area contributed by atoms with Crippen LogP contribution in [-0.4, -0.2) is 142 Å². The molecule has 0 aromatic carbocycles. The van der Waals surface area contributed by atoms with Gasteiger partial charge in [0.05, 0.1) is 33.2 Å². The molecular formula is C24H42N2O13. The third-order valence-electron chi connectivity index (χ3n) is 4.54. The smallest absolute Gasteiger partial charge is 0.344 e. The average molecular weight is 567 g/mol. The van der Waals surface area contributed by atoms with Gasteiger partial charge in [-0.3, -0.25) is 33.8 Å². The molecule has 15 nitrogen and oxygen atoms in total. The SMILES string of the molecule is CC(=O)COC(=O)CCN(CCO)CCO.COC(=O)COC(=O)CCN(CCOC(C)=O)CCOC(C)=O. The maximum absolute atomic E-state index is 11.5. The Kier molecular flexibility index (Phi) is 24.5. The Morgan fingerprint density at radius 3 is 1.33 bits per heavy atom. The third-order valence-corrected chi connectivity index (χ3v) is 4.54. The van der Waals surface area contributed by atoms with E-state index in [4.69, 9.17) is 24.4 Å². The van der Waals surface area contributed by atoms with Crippen LogP contribution >= 0.6 is 0 Å². The highest BCUT2D eigenvalue weighted by Gasteiger charge is 2.12. The lowest BCUT2D eigenvalue weighted by molar-refractivity contribution is -0.157. The van der Waals surface area contributed by atoms with Gasteiger partial charge in [0.25, 0.3) is 0 Å². The summed E-state index contributed by atoms with van der Waals surface area (Å²) in [7, 11) is 1.20. The second kappa shape index (κ2) is 25.2. The Bertz CT molecular complexity index is 720. The van der Waals surface area contributed by atoms with E-state index in [1.807, 2.05) is 0 Å². The van der Waals surface area contributed by atoms with E-state index in [1.165, 1.54) is 27.9 Å². The molecular weight excluding hydrogens is 524 g/mol. The number of hydrogen-bond acceptors (Lipinski definition) is 15. The number of esters is 5. The molecule has 226 valence electrons. The number of ketones is 1. The van der Waals surface area contributed by atoms with Crippen LogP contribution in [0.5, 0.6) is 0 Å². The van der Waals surface area contributed by atoms with Crippen molar-refractivity contribution in [3.63, 3.8) is 0 Å². The number of methoxy groups -OCH3 is 1. The van der Waals surface area contributed by atoms with Crippen LogP contribution in [0.4, 0.5) is 0 Å². The van der Waals surface area contributed by atoms with E-state index in [9.17, 15) is 28.8 Å². The van der Waals surface area contributed by atoms with Crippen LogP contribution in [0.3, 0.4) is 0 Å². The fourth-order valence-electron chi connectivity index (χ4n) is 2.61. The van der Waals surface area contributed by atoms with Gasteiger partial charge in [-0.15, -0.1) is 0 Å².